The molecule has 3 heteroatoms. The minimum atomic E-state index is -1.45. The fourth-order valence-electron chi connectivity index (χ4n) is 0.288. The summed E-state index contributed by atoms with van der Waals surface area (Å²) in [6, 6.07) is 0. The Morgan fingerprint density at radius 1 is 1.44 bits per heavy atom. The van der Waals surface area contributed by atoms with E-state index in [1.165, 1.54) is 0 Å². The van der Waals surface area contributed by atoms with Gasteiger partial charge in [0, 0.05) is 6.10 Å². The highest BCUT2D eigenvalue weighted by Gasteiger charge is 2.03. The van der Waals surface area contributed by atoms with E-state index in [2.05, 4.69) is 4.74 Å². The molecule has 0 aromatic carbocycles. The predicted octanol–water partition coefficient (Wildman–Crippen LogP) is 0.391. The molecular weight excluding hydrogens is 120 g/mol. The lowest BCUT2D eigenvalue weighted by Crippen LogP contribution is -2.30. The van der Waals surface area contributed by atoms with Crippen LogP contribution in [0.4, 0.5) is 4.79 Å². The van der Waals surface area contributed by atoms with Crippen LogP contribution in [0, 0.1) is 5.92 Å². The number of carbonyl (C=O) groups is 1. The lowest BCUT2D eigenvalue weighted by atomic mass is 10.1. The molecule has 0 saturated heterocycles. The van der Waals surface area contributed by atoms with Gasteiger partial charge in [0.05, 0.1) is 0 Å². The van der Waals surface area contributed by atoms with Gasteiger partial charge < -0.3 is 14.6 Å². The first kappa shape index (κ1) is 8.27. The van der Waals surface area contributed by atoms with E-state index in [9.17, 15) is 9.90 Å². The molecule has 9 heavy (non-hydrogen) atoms. The molecule has 0 heterocycles. The molecule has 0 fully saturated rings. The van der Waals surface area contributed by atoms with E-state index in [4.69, 9.17) is 0 Å². The van der Waals surface area contributed by atoms with Crippen LogP contribution in [0.3, 0.4) is 0 Å². The molecule has 0 aliphatic rings. The van der Waals surface area contributed by atoms with Crippen molar-refractivity contribution in [1.29, 1.82) is 0 Å². The van der Waals surface area contributed by atoms with Crippen LogP contribution in [0.15, 0.2) is 0 Å². The van der Waals surface area contributed by atoms with E-state index in [0.29, 0.717) is 0 Å². The third kappa shape index (κ3) is 3.82. The van der Waals surface area contributed by atoms with E-state index < -0.39 is 6.16 Å². The molecule has 0 aliphatic carbocycles. The second-order valence-electron chi connectivity index (χ2n) is 2.32. The summed E-state index contributed by atoms with van der Waals surface area (Å²) in [7, 11) is 0. The Morgan fingerprint density at radius 3 is 2.00 bits per heavy atom. The zero-order valence-corrected chi connectivity index (χ0v) is 5.88. The average Bonchev–Trinajstić information content (AvgIpc) is 1.63. The van der Waals surface area contributed by atoms with Crippen LogP contribution in [0.1, 0.15) is 20.8 Å². The number of rotatable bonds is 2. The van der Waals surface area contributed by atoms with E-state index in [-0.39, 0.29) is 12.0 Å². The summed E-state index contributed by atoms with van der Waals surface area (Å²) in [6.07, 6.45) is -1.72. The van der Waals surface area contributed by atoms with Gasteiger partial charge in [0.2, 0.25) is 0 Å². The molecule has 0 spiro atoms. The summed E-state index contributed by atoms with van der Waals surface area (Å²) >= 11 is 0. The Bertz CT molecular complexity index is 98.5. The number of carbonyl (C=O) groups excluding carboxylic acids is 1. The van der Waals surface area contributed by atoms with Crippen molar-refractivity contribution in [3.63, 3.8) is 0 Å². The molecule has 0 aromatic heterocycles. The van der Waals surface area contributed by atoms with Crippen LogP contribution in [0.25, 0.3) is 0 Å². The SMILES string of the molecule is CC(C)C(C)OC(=O)[O-]. The molecular formula is C6H11O3-. The van der Waals surface area contributed by atoms with Crippen LogP contribution in [0.2, 0.25) is 0 Å². The van der Waals surface area contributed by atoms with Gasteiger partial charge in [-0.2, -0.15) is 0 Å². The molecule has 0 rings (SSSR count). The Hall–Kier alpha value is -0.730. The van der Waals surface area contributed by atoms with Gasteiger partial charge in [0.25, 0.3) is 6.16 Å². The van der Waals surface area contributed by atoms with Gasteiger partial charge >= 0.3 is 0 Å². The molecule has 0 saturated carbocycles. The average molecular weight is 131 g/mol. The maximum atomic E-state index is 9.78. The Balaban J connectivity index is 3.50. The van der Waals surface area contributed by atoms with Crippen molar-refractivity contribution in [1.82, 2.24) is 0 Å². The molecule has 54 valence electrons. The van der Waals surface area contributed by atoms with E-state index in [0.717, 1.165) is 0 Å². The summed E-state index contributed by atoms with van der Waals surface area (Å²) in [6.45, 7) is 5.46. The molecule has 0 aromatic rings. The molecule has 0 aliphatic heterocycles. The molecule has 1 atom stereocenters. The number of hydrogen-bond acceptors (Lipinski definition) is 3. The molecule has 0 radical (unpaired) electrons. The minimum absolute atomic E-state index is 0.211. The van der Waals surface area contributed by atoms with E-state index in [1.807, 2.05) is 13.8 Å². The summed E-state index contributed by atoms with van der Waals surface area (Å²) < 4.78 is 4.32. The topological polar surface area (TPSA) is 49.4 Å². The van der Waals surface area contributed by atoms with Crippen LogP contribution in [-0.2, 0) is 4.74 Å². The highest BCUT2D eigenvalue weighted by Crippen LogP contribution is 2.03. The first-order valence-corrected chi connectivity index (χ1v) is 2.91. The molecule has 1 unspecified atom stereocenters. The molecule has 0 amide bonds. The molecule has 0 bridgehead atoms. The van der Waals surface area contributed by atoms with Gasteiger partial charge in [0.15, 0.2) is 0 Å². The minimum Gasteiger partial charge on any atom is -0.546 e. The summed E-state index contributed by atoms with van der Waals surface area (Å²) in [5.74, 6) is 0.211. The standard InChI is InChI=1S/C6H12O3/c1-4(2)5(3)9-6(7)8/h4-5H,1-3H3,(H,7,8)/p-1. The van der Waals surface area contributed by atoms with E-state index >= 15 is 0 Å². The zero-order valence-electron chi connectivity index (χ0n) is 5.88. The second-order valence-corrected chi connectivity index (χ2v) is 2.32. The normalized spacial score (nSPS) is 13.3. The summed E-state index contributed by atoms with van der Waals surface area (Å²) in [5.41, 5.74) is 0. The van der Waals surface area contributed by atoms with Gasteiger partial charge in [-0.1, -0.05) is 13.8 Å². The van der Waals surface area contributed by atoms with Gasteiger partial charge in [-0.3, -0.25) is 0 Å². The van der Waals surface area contributed by atoms with Crippen LogP contribution in [-0.4, -0.2) is 12.3 Å². The van der Waals surface area contributed by atoms with Crippen molar-refractivity contribution >= 4 is 6.16 Å². The van der Waals surface area contributed by atoms with Gasteiger partial charge in [-0.05, 0) is 12.8 Å². The number of hydrogen-bond donors (Lipinski definition) is 0. The predicted molar refractivity (Wildman–Crippen MR) is 30.8 cm³/mol. The van der Waals surface area contributed by atoms with Crippen molar-refractivity contribution in [3.8, 4) is 0 Å². The Kier molecular flexibility index (Phi) is 3.06. The van der Waals surface area contributed by atoms with Crippen molar-refractivity contribution < 1.29 is 14.6 Å². The molecule has 3 nitrogen and oxygen atoms in total. The van der Waals surface area contributed by atoms with Crippen molar-refractivity contribution in [2.24, 2.45) is 5.92 Å². The Morgan fingerprint density at radius 2 is 1.89 bits per heavy atom. The highest BCUT2D eigenvalue weighted by molar-refractivity contribution is 5.54. The highest BCUT2D eigenvalue weighted by atomic mass is 16.7. The quantitative estimate of drug-likeness (QED) is 0.509. The lowest BCUT2D eigenvalue weighted by Gasteiger charge is -2.20. The second kappa shape index (κ2) is 3.33. The summed E-state index contributed by atoms with van der Waals surface area (Å²) in [5, 5.41) is 9.78. The third-order valence-corrected chi connectivity index (χ3v) is 1.22. The van der Waals surface area contributed by atoms with Crippen LogP contribution in [0.5, 0.6) is 0 Å². The molecule has 0 N–H and O–H groups in total. The number of ether oxygens (including phenoxy) is 1. The monoisotopic (exact) mass is 131 g/mol. The largest absolute Gasteiger partial charge is 0.546 e. The maximum Gasteiger partial charge on any atom is 0.252 e. The van der Waals surface area contributed by atoms with Gasteiger partial charge in [0.1, 0.15) is 0 Å². The lowest BCUT2D eigenvalue weighted by molar-refractivity contribution is -0.288. The first-order chi connectivity index (χ1) is 4.04. The van der Waals surface area contributed by atoms with Crippen LogP contribution < -0.4 is 5.11 Å². The van der Waals surface area contributed by atoms with Crippen molar-refractivity contribution in [2.75, 3.05) is 0 Å². The van der Waals surface area contributed by atoms with Gasteiger partial charge in [-0.15, -0.1) is 0 Å². The number of carboxylic acid groups (broad SMARTS) is 1. The fourth-order valence-corrected chi connectivity index (χ4v) is 0.288. The zero-order chi connectivity index (χ0) is 7.44. The fraction of sp³-hybridized carbons (Fsp3) is 0.833. The maximum absolute atomic E-state index is 9.78. The third-order valence-electron chi connectivity index (χ3n) is 1.22. The van der Waals surface area contributed by atoms with Crippen molar-refractivity contribution in [2.45, 2.75) is 26.9 Å². The van der Waals surface area contributed by atoms with E-state index in [1.54, 1.807) is 6.92 Å². The van der Waals surface area contributed by atoms with Gasteiger partial charge in [-0.25, -0.2) is 0 Å². The summed E-state index contributed by atoms with van der Waals surface area (Å²) in [4.78, 5) is 9.78. The first-order valence-electron chi connectivity index (χ1n) is 2.91. The van der Waals surface area contributed by atoms with Crippen LogP contribution >= 0.6 is 0 Å². The Labute approximate surface area is 54.6 Å². The van der Waals surface area contributed by atoms with Crippen molar-refractivity contribution in [3.05, 3.63) is 0 Å². The smallest absolute Gasteiger partial charge is 0.252 e.